The maximum Gasteiger partial charge on any atom is 0.355 e. The Balaban J connectivity index is 1.65. The third-order valence-corrected chi connectivity index (χ3v) is 6.35. The fraction of sp³-hybridized carbons (Fsp3) is 0.238. The van der Waals surface area contributed by atoms with Crippen LogP contribution in [0, 0.1) is 13.8 Å². The van der Waals surface area contributed by atoms with E-state index >= 15 is 0 Å². The highest BCUT2D eigenvalue weighted by atomic mass is 32.2. The van der Waals surface area contributed by atoms with Crippen molar-refractivity contribution in [3.63, 3.8) is 0 Å². The molecule has 30 heavy (non-hydrogen) atoms. The molecule has 0 atom stereocenters. The molecule has 0 aliphatic heterocycles. The standard InChI is InChI=1S/C21H23N3O5S/c1-13-8-14(2)17-11-19(23-18(17)9-13)21(26)29-12-20(25)22-15-6-5-7-16(10-15)30(27,28)24(3)4/h5-11,23H,12H2,1-4H3,(H,22,25). The van der Waals surface area contributed by atoms with Crippen molar-refractivity contribution in [3.05, 3.63) is 59.3 Å². The molecule has 0 bridgehead atoms. The number of carbonyl (C=O) groups excluding carboxylic acids is 2. The number of ether oxygens (including phenoxy) is 1. The molecule has 0 aliphatic carbocycles. The second-order valence-electron chi connectivity index (χ2n) is 7.17. The number of esters is 1. The molecule has 9 heteroatoms. The maximum absolute atomic E-state index is 12.3. The average molecular weight is 429 g/mol. The number of anilines is 1. The van der Waals surface area contributed by atoms with E-state index in [1.165, 1.54) is 32.3 Å². The lowest BCUT2D eigenvalue weighted by Crippen LogP contribution is -2.23. The summed E-state index contributed by atoms with van der Waals surface area (Å²) >= 11 is 0. The van der Waals surface area contributed by atoms with Crippen LogP contribution in [0.25, 0.3) is 10.9 Å². The van der Waals surface area contributed by atoms with Gasteiger partial charge in [0, 0.05) is 30.7 Å². The van der Waals surface area contributed by atoms with Crippen molar-refractivity contribution >= 4 is 38.5 Å². The number of hydrogen-bond donors (Lipinski definition) is 2. The van der Waals surface area contributed by atoms with E-state index in [0.29, 0.717) is 0 Å². The molecule has 0 aliphatic rings. The third kappa shape index (κ3) is 4.52. The summed E-state index contributed by atoms with van der Waals surface area (Å²) < 4.78 is 30.6. The molecule has 0 saturated carbocycles. The van der Waals surface area contributed by atoms with Crippen LogP contribution in [0.15, 0.2) is 47.4 Å². The molecule has 1 amide bonds. The van der Waals surface area contributed by atoms with Crippen molar-refractivity contribution in [1.82, 2.24) is 9.29 Å². The van der Waals surface area contributed by atoms with Gasteiger partial charge >= 0.3 is 5.97 Å². The second-order valence-corrected chi connectivity index (χ2v) is 9.32. The van der Waals surface area contributed by atoms with Crippen LogP contribution < -0.4 is 5.32 Å². The first kappa shape index (κ1) is 21.5. The smallest absolute Gasteiger partial charge is 0.355 e. The van der Waals surface area contributed by atoms with Gasteiger partial charge in [0.25, 0.3) is 5.91 Å². The number of rotatable bonds is 6. The number of aromatic amines is 1. The molecule has 158 valence electrons. The summed E-state index contributed by atoms with van der Waals surface area (Å²) in [5.41, 5.74) is 3.47. The number of amides is 1. The van der Waals surface area contributed by atoms with Gasteiger partial charge < -0.3 is 15.0 Å². The molecule has 0 fully saturated rings. The van der Waals surface area contributed by atoms with E-state index in [1.807, 2.05) is 26.0 Å². The topological polar surface area (TPSA) is 109 Å². The Hall–Kier alpha value is -3.17. The summed E-state index contributed by atoms with van der Waals surface area (Å²) in [5, 5.41) is 3.45. The Morgan fingerprint density at radius 3 is 2.53 bits per heavy atom. The number of carbonyl (C=O) groups is 2. The molecular weight excluding hydrogens is 406 g/mol. The quantitative estimate of drug-likeness (QED) is 0.586. The zero-order chi connectivity index (χ0) is 22.1. The molecule has 8 nitrogen and oxygen atoms in total. The van der Waals surface area contributed by atoms with E-state index in [4.69, 9.17) is 4.74 Å². The fourth-order valence-electron chi connectivity index (χ4n) is 3.06. The minimum absolute atomic E-state index is 0.0473. The zero-order valence-electron chi connectivity index (χ0n) is 17.1. The summed E-state index contributed by atoms with van der Waals surface area (Å²) in [6.07, 6.45) is 0. The van der Waals surface area contributed by atoms with Gasteiger partial charge in [-0.1, -0.05) is 12.1 Å². The molecule has 0 saturated heterocycles. The van der Waals surface area contributed by atoms with Crippen LogP contribution in [0.2, 0.25) is 0 Å². The van der Waals surface area contributed by atoms with E-state index < -0.39 is 28.5 Å². The van der Waals surface area contributed by atoms with Crippen molar-refractivity contribution in [1.29, 1.82) is 0 Å². The largest absolute Gasteiger partial charge is 0.451 e. The Labute approximate surface area is 174 Å². The molecule has 1 heterocycles. The number of benzene rings is 2. The Kier molecular flexibility index (Phi) is 5.95. The molecule has 1 aromatic heterocycles. The monoisotopic (exact) mass is 429 g/mol. The lowest BCUT2D eigenvalue weighted by molar-refractivity contribution is -0.119. The highest BCUT2D eigenvalue weighted by Gasteiger charge is 2.18. The number of aryl methyl sites for hydroxylation is 2. The normalized spacial score (nSPS) is 11.6. The predicted molar refractivity (Wildman–Crippen MR) is 114 cm³/mol. The highest BCUT2D eigenvalue weighted by Crippen LogP contribution is 2.22. The van der Waals surface area contributed by atoms with Crippen LogP contribution in [0.1, 0.15) is 21.6 Å². The summed E-state index contributed by atoms with van der Waals surface area (Å²) in [5.74, 6) is -1.23. The fourth-order valence-corrected chi connectivity index (χ4v) is 4.01. The van der Waals surface area contributed by atoms with Crippen molar-refractivity contribution in [2.45, 2.75) is 18.7 Å². The summed E-state index contributed by atoms with van der Waals surface area (Å²) in [6, 6.07) is 11.5. The average Bonchev–Trinajstić information content (AvgIpc) is 3.10. The van der Waals surface area contributed by atoms with Crippen LogP contribution in [0.4, 0.5) is 5.69 Å². The predicted octanol–water partition coefficient (Wildman–Crippen LogP) is 2.83. The van der Waals surface area contributed by atoms with Crippen molar-refractivity contribution in [2.24, 2.45) is 0 Å². The molecule has 3 aromatic rings. The third-order valence-electron chi connectivity index (χ3n) is 4.54. The lowest BCUT2D eigenvalue weighted by atomic mass is 10.1. The summed E-state index contributed by atoms with van der Waals surface area (Å²) in [7, 11) is -0.777. The molecule has 0 spiro atoms. The minimum Gasteiger partial charge on any atom is -0.451 e. The van der Waals surface area contributed by atoms with Gasteiger partial charge in [-0.05, 0) is 55.3 Å². The van der Waals surface area contributed by atoms with Gasteiger partial charge in [0.1, 0.15) is 5.69 Å². The van der Waals surface area contributed by atoms with E-state index in [2.05, 4.69) is 10.3 Å². The first-order valence-corrected chi connectivity index (χ1v) is 10.6. The number of aromatic nitrogens is 1. The SMILES string of the molecule is Cc1cc(C)c2cc(C(=O)OCC(=O)Nc3cccc(S(=O)(=O)N(C)C)c3)[nH]c2c1. The molecule has 0 unspecified atom stereocenters. The van der Waals surface area contributed by atoms with E-state index in [0.717, 1.165) is 26.3 Å². The number of sulfonamides is 1. The van der Waals surface area contributed by atoms with E-state index in [1.54, 1.807) is 12.1 Å². The zero-order valence-corrected chi connectivity index (χ0v) is 18.0. The van der Waals surface area contributed by atoms with Gasteiger partial charge in [0.15, 0.2) is 6.61 Å². The van der Waals surface area contributed by atoms with Gasteiger partial charge in [0.2, 0.25) is 10.0 Å². The van der Waals surface area contributed by atoms with Gasteiger partial charge in [0.05, 0.1) is 4.90 Å². The minimum atomic E-state index is -3.62. The van der Waals surface area contributed by atoms with Crippen molar-refractivity contribution < 1.29 is 22.7 Å². The van der Waals surface area contributed by atoms with Crippen LogP contribution >= 0.6 is 0 Å². The number of nitrogens with one attached hydrogen (secondary N) is 2. The summed E-state index contributed by atoms with van der Waals surface area (Å²) in [4.78, 5) is 27.5. The second kappa shape index (κ2) is 8.29. The van der Waals surface area contributed by atoms with Crippen molar-refractivity contribution in [2.75, 3.05) is 26.0 Å². The molecule has 2 aromatic carbocycles. The van der Waals surface area contributed by atoms with E-state index in [-0.39, 0.29) is 16.3 Å². The Bertz CT molecular complexity index is 1230. The van der Waals surface area contributed by atoms with Crippen LogP contribution in [0.5, 0.6) is 0 Å². The molecule has 0 radical (unpaired) electrons. The number of fused-ring (bicyclic) bond motifs is 1. The highest BCUT2D eigenvalue weighted by molar-refractivity contribution is 7.89. The van der Waals surface area contributed by atoms with Crippen molar-refractivity contribution in [3.8, 4) is 0 Å². The van der Waals surface area contributed by atoms with E-state index in [9.17, 15) is 18.0 Å². The number of nitrogens with zero attached hydrogens (tertiary/aromatic N) is 1. The Morgan fingerprint density at radius 1 is 1.10 bits per heavy atom. The van der Waals surface area contributed by atoms with Gasteiger partial charge in [-0.25, -0.2) is 17.5 Å². The molecular formula is C21H23N3O5S. The van der Waals surface area contributed by atoms with Gasteiger partial charge in [-0.15, -0.1) is 0 Å². The number of H-pyrrole nitrogens is 1. The first-order chi connectivity index (χ1) is 14.1. The van der Waals surface area contributed by atoms with Gasteiger partial charge in [-0.2, -0.15) is 0 Å². The summed E-state index contributed by atoms with van der Waals surface area (Å²) in [6.45, 7) is 3.42. The maximum atomic E-state index is 12.3. The van der Waals surface area contributed by atoms with Crippen LogP contribution in [0.3, 0.4) is 0 Å². The van der Waals surface area contributed by atoms with Crippen LogP contribution in [-0.2, 0) is 19.6 Å². The first-order valence-electron chi connectivity index (χ1n) is 9.17. The Morgan fingerprint density at radius 2 is 1.83 bits per heavy atom. The molecule has 2 N–H and O–H groups in total. The number of hydrogen-bond acceptors (Lipinski definition) is 5. The lowest BCUT2D eigenvalue weighted by Gasteiger charge is -2.12. The van der Waals surface area contributed by atoms with Crippen LogP contribution in [-0.4, -0.2) is 50.3 Å². The van der Waals surface area contributed by atoms with Gasteiger partial charge in [-0.3, -0.25) is 4.79 Å². The molecule has 3 rings (SSSR count).